The molecule has 1 aromatic carbocycles. The summed E-state index contributed by atoms with van der Waals surface area (Å²) >= 11 is 2.07. The first-order chi connectivity index (χ1) is 10.0. The molecule has 1 heterocycles. The van der Waals surface area contributed by atoms with Gasteiger partial charge in [0.05, 0.1) is 9.74 Å². The molecule has 1 amide bonds. The summed E-state index contributed by atoms with van der Waals surface area (Å²) in [6.07, 6.45) is 3.58. The van der Waals surface area contributed by atoms with Crippen LogP contribution in [0.5, 0.6) is 5.75 Å². The second kappa shape index (κ2) is 9.00. The van der Waals surface area contributed by atoms with Gasteiger partial charge in [-0.1, -0.05) is 34.9 Å². The van der Waals surface area contributed by atoms with E-state index in [1.165, 1.54) is 11.0 Å². The first-order valence-corrected chi connectivity index (χ1v) is 7.64. The van der Waals surface area contributed by atoms with Gasteiger partial charge in [0.1, 0.15) is 12.4 Å². The normalized spacial score (nSPS) is 17.1. The molecule has 22 heavy (non-hydrogen) atoms. The van der Waals surface area contributed by atoms with Gasteiger partial charge >= 0.3 is 0 Å². The summed E-state index contributed by atoms with van der Waals surface area (Å²) < 4.78 is 19.4. The smallest absolute Gasteiger partial charge is 0.235 e. The number of amides is 1. The van der Waals surface area contributed by atoms with Crippen molar-refractivity contribution >= 4 is 34.2 Å². The number of nitrogens with zero attached hydrogens (tertiary/aromatic N) is 1. The quantitative estimate of drug-likeness (QED) is 0.284. The molecule has 1 aliphatic rings. The second-order valence-corrected chi connectivity index (χ2v) is 5.96. The van der Waals surface area contributed by atoms with Gasteiger partial charge in [0, 0.05) is 39.8 Å². The fourth-order valence-corrected chi connectivity index (χ4v) is 2.60. The predicted molar refractivity (Wildman–Crippen MR) is 87.2 cm³/mol. The molecule has 2 rings (SSSR count). The van der Waals surface area contributed by atoms with Gasteiger partial charge in [-0.2, -0.15) is 0 Å². The largest absolute Gasteiger partial charge is 0.481 e. The van der Waals surface area contributed by atoms with Crippen LogP contribution in [-0.2, 0) is 37.5 Å². The van der Waals surface area contributed by atoms with Crippen LogP contribution < -0.4 is 4.74 Å². The second-order valence-electron chi connectivity index (χ2n) is 4.45. The monoisotopic (exact) mass is 487 g/mol. The number of carbonyl (C=O) groups is 1. The molecule has 0 spiro atoms. The summed E-state index contributed by atoms with van der Waals surface area (Å²) in [6.45, 7) is 1.94. The number of hydrogen-bond donors (Lipinski definition) is 0. The molecule has 1 unspecified atom stereocenters. The van der Waals surface area contributed by atoms with E-state index in [4.69, 9.17) is 4.74 Å². The molecular formula is C16H14FINO2Y-. The molecule has 0 fully saturated rings. The number of rotatable bonds is 3. The molecule has 1 atom stereocenters. The standard InChI is InChI=1S/C16H14FINO2.Y/c1-3-4-9-21-11-5-6-12(13(17)10-11)15-8-7-14(18)16(20)19(15)2;/h5-6,10,14H,7,9H2,1-2H3;/q-1;. The van der Waals surface area contributed by atoms with Gasteiger partial charge in [-0.25, -0.2) is 10.5 Å². The summed E-state index contributed by atoms with van der Waals surface area (Å²) in [5.74, 6) is 5.38. The SMILES string of the molecule is CC#CCOc1ccc(C2=[C-]CC(I)C(=O)N2C)c(F)c1.[Y]. The van der Waals surface area contributed by atoms with E-state index in [0.717, 1.165) is 0 Å². The number of benzene rings is 1. The van der Waals surface area contributed by atoms with E-state index in [-0.39, 0.29) is 49.1 Å². The van der Waals surface area contributed by atoms with Crippen molar-refractivity contribution < 1.29 is 46.6 Å². The van der Waals surface area contributed by atoms with Crippen LogP contribution in [0, 0.1) is 23.7 Å². The zero-order valence-electron chi connectivity index (χ0n) is 12.3. The van der Waals surface area contributed by atoms with Crippen LogP contribution in [0.1, 0.15) is 18.9 Å². The van der Waals surface area contributed by atoms with Crippen LogP contribution >= 0.6 is 22.6 Å². The van der Waals surface area contributed by atoms with E-state index in [1.54, 1.807) is 26.1 Å². The molecule has 1 aromatic rings. The van der Waals surface area contributed by atoms with Crippen LogP contribution in [-0.4, -0.2) is 28.4 Å². The van der Waals surface area contributed by atoms with Gasteiger partial charge in [-0.15, -0.1) is 23.2 Å². The van der Waals surface area contributed by atoms with Crippen LogP contribution in [0.3, 0.4) is 0 Å². The fourth-order valence-electron chi connectivity index (χ4n) is 1.96. The predicted octanol–water partition coefficient (Wildman–Crippen LogP) is 3.04. The third-order valence-electron chi connectivity index (χ3n) is 3.07. The van der Waals surface area contributed by atoms with Crippen LogP contribution in [0.4, 0.5) is 4.39 Å². The van der Waals surface area contributed by atoms with Crippen molar-refractivity contribution in [2.75, 3.05) is 13.7 Å². The zero-order chi connectivity index (χ0) is 15.4. The molecule has 0 saturated heterocycles. The Bertz CT molecular complexity index is 651. The maximum atomic E-state index is 14.2. The van der Waals surface area contributed by atoms with Gasteiger partial charge in [-0.3, -0.25) is 4.79 Å². The van der Waals surface area contributed by atoms with E-state index in [9.17, 15) is 9.18 Å². The van der Waals surface area contributed by atoms with Gasteiger partial charge in [-0.05, 0) is 19.1 Å². The Morgan fingerprint density at radius 1 is 1.55 bits per heavy atom. The van der Waals surface area contributed by atoms with Crippen molar-refractivity contribution in [1.82, 2.24) is 4.90 Å². The summed E-state index contributed by atoms with van der Waals surface area (Å²) in [6, 6.07) is 4.57. The van der Waals surface area contributed by atoms with Crippen molar-refractivity contribution in [1.29, 1.82) is 0 Å². The minimum atomic E-state index is -0.439. The molecular weight excluding hydrogens is 473 g/mol. The average molecular weight is 487 g/mol. The summed E-state index contributed by atoms with van der Waals surface area (Å²) in [7, 11) is 1.64. The molecule has 0 aromatic heterocycles. The number of hydrogen-bond acceptors (Lipinski definition) is 2. The molecule has 0 saturated carbocycles. The average Bonchev–Trinajstić information content (AvgIpc) is 2.46. The molecule has 1 aliphatic heterocycles. The topological polar surface area (TPSA) is 29.5 Å². The van der Waals surface area contributed by atoms with Crippen LogP contribution in [0.2, 0.25) is 0 Å². The Hall–Kier alpha value is -0.446. The molecule has 0 N–H and O–H groups in total. The number of ether oxygens (including phenoxy) is 1. The number of allylic oxidation sites excluding steroid dienone is 1. The molecule has 0 bridgehead atoms. The van der Waals surface area contributed by atoms with E-state index >= 15 is 0 Å². The summed E-state index contributed by atoms with van der Waals surface area (Å²) in [5, 5.41) is 0. The Kier molecular flexibility index (Phi) is 8.02. The van der Waals surface area contributed by atoms with Gasteiger partial charge < -0.3 is 9.64 Å². The Labute approximate surface area is 168 Å². The molecule has 3 nitrogen and oxygen atoms in total. The third kappa shape index (κ3) is 4.53. The van der Waals surface area contributed by atoms with Crippen molar-refractivity contribution in [3.8, 4) is 17.6 Å². The Morgan fingerprint density at radius 2 is 2.27 bits per heavy atom. The van der Waals surface area contributed by atoms with E-state index in [0.29, 0.717) is 23.4 Å². The zero-order valence-corrected chi connectivity index (χ0v) is 17.3. The van der Waals surface area contributed by atoms with Gasteiger partial charge in [0.2, 0.25) is 5.91 Å². The minimum Gasteiger partial charge on any atom is -0.481 e. The van der Waals surface area contributed by atoms with Crippen molar-refractivity contribution in [3.63, 3.8) is 0 Å². The molecule has 1 radical (unpaired) electrons. The maximum absolute atomic E-state index is 14.2. The van der Waals surface area contributed by atoms with Crippen molar-refractivity contribution in [2.45, 2.75) is 17.3 Å². The maximum Gasteiger partial charge on any atom is 0.235 e. The number of carbonyl (C=O) groups excluding carboxylic acids is 1. The fraction of sp³-hybridized carbons (Fsp3) is 0.312. The van der Waals surface area contributed by atoms with Crippen LogP contribution in [0.15, 0.2) is 18.2 Å². The summed E-state index contributed by atoms with van der Waals surface area (Å²) in [4.78, 5) is 13.4. The molecule has 113 valence electrons. The van der Waals surface area contributed by atoms with Crippen LogP contribution in [0.25, 0.3) is 5.70 Å². The molecule has 0 aliphatic carbocycles. The number of alkyl halides is 1. The third-order valence-corrected chi connectivity index (χ3v) is 4.04. The Balaban J connectivity index is 0.00000242. The Morgan fingerprint density at radius 3 is 2.91 bits per heavy atom. The molecule has 6 heteroatoms. The minimum absolute atomic E-state index is 0. The van der Waals surface area contributed by atoms with Gasteiger partial charge in [0.25, 0.3) is 0 Å². The van der Waals surface area contributed by atoms with Crippen molar-refractivity contribution in [3.05, 3.63) is 35.7 Å². The first kappa shape index (κ1) is 19.6. The van der Waals surface area contributed by atoms with E-state index in [1.807, 2.05) is 0 Å². The van der Waals surface area contributed by atoms with Crippen molar-refractivity contribution in [2.24, 2.45) is 0 Å². The summed E-state index contributed by atoms with van der Waals surface area (Å²) in [5.41, 5.74) is 0.827. The van der Waals surface area contributed by atoms with E-state index < -0.39 is 5.82 Å². The number of halogens is 2. The van der Waals surface area contributed by atoms with Gasteiger partial charge in [0.15, 0.2) is 0 Å². The first-order valence-electron chi connectivity index (χ1n) is 6.39. The van der Waals surface area contributed by atoms with E-state index in [2.05, 4.69) is 40.5 Å².